The van der Waals surface area contributed by atoms with Gasteiger partial charge in [0.1, 0.15) is 5.75 Å². The van der Waals surface area contributed by atoms with Gasteiger partial charge in [-0.3, -0.25) is 4.79 Å². The standard InChI is InChI=1S/C17H27N3O2/c1-14(2)12-18-17(21)13-19-8-10-20(11-9-19)15-4-6-16(22-3)7-5-15/h4-7,14H,8-13H2,1-3H3,(H,18,21)/p+1. The first-order valence-corrected chi connectivity index (χ1v) is 8.07. The molecule has 0 bridgehead atoms. The molecule has 1 aliphatic heterocycles. The fourth-order valence-corrected chi connectivity index (χ4v) is 2.66. The van der Waals surface area contributed by atoms with Crippen molar-refractivity contribution in [1.82, 2.24) is 5.32 Å². The van der Waals surface area contributed by atoms with Crippen LogP contribution in [0.3, 0.4) is 0 Å². The van der Waals surface area contributed by atoms with Crippen LogP contribution in [0.4, 0.5) is 5.69 Å². The predicted octanol–water partition coefficient (Wildman–Crippen LogP) is 0.172. The molecule has 5 nitrogen and oxygen atoms in total. The number of methoxy groups -OCH3 is 1. The van der Waals surface area contributed by atoms with E-state index >= 15 is 0 Å². The Balaban J connectivity index is 1.76. The zero-order chi connectivity index (χ0) is 15.9. The van der Waals surface area contributed by atoms with E-state index in [1.807, 2.05) is 12.1 Å². The summed E-state index contributed by atoms with van der Waals surface area (Å²) < 4.78 is 5.19. The zero-order valence-electron chi connectivity index (χ0n) is 13.9. The van der Waals surface area contributed by atoms with Gasteiger partial charge >= 0.3 is 0 Å². The molecular formula is C17H28N3O2+. The Morgan fingerprint density at radius 2 is 1.91 bits per heavy atom. The Morgan fingerprint density at radius 3 is 2.45 bits per heavy atom. The highest BCUT2D eigenvalue weighted by Gasteiger charge is 2.22. The van der Waals surface area contributed by atoms with Crippen molar-refractivity contribution in [2.24, 2.45) is 5.92 Å². The van der Waals surface area contributed by atoms with Gasteiger partial charge in [0.15, 0.2) is 6.54 Å². The molecule has 1 aromatic carbocycles. The number of amides is 1. The first-order chi connectivity index (χ1) is 10.6. The Kier molecular flexibility index (Phi) is 6.07. The van der Waals surface area contributed by atoms with Crippen LogP contribution >= 0.6 is 0 Å². The Labute approximate surface area is 133 Å². The molecule has 0 atom stereocenters. The third-order valence-electron chi connectivity index (χ3n) is 4.03. The summed E-state index contributed by atoms with van der Waals surface area (Å²) in [4.78, 5) is 15.6. The summed E-state index contributed by atoms with van der Waals surface area (Å²) in [7, 11) is 1.68. The van der Waals surface area contributed by atoms with Crippen LogP contribution in [-0.4, -0.2) is 52.3 Å². The molecule has 1 aromatic rings. The molecule has 2 rings (SSSR count). The van der Waals surface area contributed by atoms with Crippen LogP contribution in [0.1, 0.15) is 13.8 Å². The van der Waals surface area contributed by atoms with Crippen molar-refractivity contribution in [3.8, 4) is 5.75 Å². The fraction of sp³-hybridized carbons (Fsp3) is 0.588. The summed E-state index contributed by atoms with van der Waals surface area (Å²) in [5.74, 6) is 1.56. The van der Waals surface area contributed by atoms with Crippen molar-refractivity contribution in [2.75, 3.05) is 51.3 Å². The van der Waals surface area contributed by atoms with Crippen molar-refractivity contribution in [1.29, 1.82) is 0 Å². The van der Waals surface area contributed by atoms with Crippen molar-refractivity contribution < 1.29 is 14.4 Å². The first-order valence-electron chi connectivity index (χ1n) is 8.07. The molecule has 1 fully saturated rings. The molecule has 0 saturated carbocycles. The molecular weight excluding hydrogens is 278 g/mol. The van der Waals surface area contributed by atoms with Gasteiger partial charge in [-0.25, -0.2) is 0 Å². The molecule has 1 saturated heterocycles. The maximum atomic E-state index is 11.9. The highest BCUT2D eigenvalue weighted by Crippen LogP contribution is 2.18. The van der Waals surface area contributed by atoms with Crippen LogP contribution in [0.5, 0.6) is 5.75 Å². The number of rotatable bonds is 6. The number of piperazine rings is 1. The second-order valence-electron chi connectivity index (χ2n) is 6.31. The normalized spacial score (nSPS) is 15.9. The predicted molar refractivity (Wildman–Crippen MR) is 88.6 cm³/mol. The maximum absolute atomic E-state index is 11.9. The number of carbonyl (C=O) groups excluding carboxylic acids is 1. The summed E-state index contributed by atoms with van der Waals surface area (Å²) in [5, 5.41) is 3.00. The number of nitrogens with one attached hydrogen (secondary N) is 2. The minimum absolute atomic E-state index is 0.168. The van der Waals surface area contributed by atoms with Crippen LogP contribution < -0.4 is 19.9 Å². The van der Waals surface area contributed by atoms with E-state index in [-0.39, 0.29) is 5.91 Å². The van der Waals surface area contributed by atoms with E-state index in [0.29, 0.717) is 12.5 Å². The molecule has 22 heavy (non-hydrogen) atoms. The van der Waals surface area contributed by atoms with Crippen molar-refractivity contribution in [2.45, 2.75) is 13.8 Å². The number of carbonyl (C=O) groups is 1. The number of nitrogens with zero attached hydrogens (tertiary/aromatic N) is 1. The molecule has 0 aromatic heterocycles. The molecule has 5 heteroatoms. The highest BCUT2D eigenvalue weighted by atomic mass is 16.5. The van der Waals surface area contributed by atoms with Gasteiger partial charge in [0.2, 0.25) is 0 Å². The third kappa shape index (κ3) is 4.91. The quantitative estimate of drug-likeness (QED) is 0.788. The van der Waals surface area contributed by atoms with Gasteiger partial charge in [0.25, 0.3) is 5.91 Å². The summed E-state index contributed by atoms with van der Waals surface area (Å²) in [6.45, 7) is 9.55. The number of hydrogen-bond donors (Lipinski definition) is 2. The van der Waals surface area contributed by atoms with Crippen molar-refractivity contribution >= 4 is 11.6 Å². The SMILES string of the molecule is COc1ccc(N2CC[NH+](CC(=O)NCC(C)C)CC2)cc1. The van der Waals surface area contributed by atoms with Gasteiger partial charge in [-0.2, -0.15) is 0 Å². The highest BCUT2D eigenvalue weighted by molar-refractivity contribution is 5.76. The largest absolute Gasteiger partial charge is 0.497 e. The number of quaternary nitrogens is 1. The second-order valence-corrected chi connectivity index (χ2v) is 6.31. The monoisotopic (exact) mass is 306 g/mol. The van der Waals surface area contributed by atoms with Crippen LogP contribution in [0.2, 0.25) is 0 Å². The summed E-state index contributed by atoms with van der Waals surface area (Å²) in [6, 6.07) is 8.18. The second kappa shape index (κ2) is 8.03. The van der Waals surface area contributed by atoms with E-state index in [9.17, 15) is 4.79 Å². The maximum Gasteiger partial charge on any atom is 0.275 e. The number of anilines is 1. The lowest BCUT2D eigenvalue weighted by atomic mass is 10.2. The third-order valence-corrected chi connectivity index (χ3v) is 4.03. The molecule has 1 heterocycles. The molecule has 0 aliphatic carbocycles. The van der Waals surface area contributed by atoms with Gasteiger partial charge in [0.05, 0.1) is 33.3 Å². The number of ether oxygens (including phenoxy) is 1. The lowest BCUT2D eigenvalue weighted by Gasteiger charge is -2.33. The summed E-state index contributed by atoms with van der Waals surface area (Å²) in [5.41, 5.74) is 1.23. The fourth-order valence-electron chi connectivity index (χ4n) is 2.66. The van der Waals surface area contributed by atoms with Crippen molar-refractivity contribution in [3.05, 3.63) is 24.3 Å². The van der Waals surface area contributed by atoms with Gasteiger partial charge < -0.3 is 19.9 Å². The van der Waals surface area contributed by atoms with Crippen LogP contribution in [0.15, 0.2) is 24.3 Å². The molecule has 2 N–H and O–H groups in total. The van der Waals surface area contributed by atoms with E-state index in [1.54, 1.807) is 7.11 Å². The Morgan fingerprint density at radius 1 is 1.27 bits per heavy atom. The first kappa shape index (κ1) is 16.6. The number of benzene rings is 1. The molecule has 0 radical (unpaired) electrons. The van der Waals surface area contributed by atoms with E-state index < -0.39 is 0 Å². The molecule has 0 unspecified atom stereocenters. The molecule has 1 aliphatic rings. The number of hydrogen-bond acceptors (Lipinski definition) is 3. The van der Waals surface area contributed by atoms with E-state index in [1.165, 1.54) is 10.6 Å². The van der Waals surface area contributed by atoms with Crippen molar-refractivity contribution in [3.63, 3.8) is 0 Å². The minimum atomic E-state index is 0.168. The average Bonchev–Trinajstić information content (AvgIpc) is 2.54. The van der Waals surface area contributed by atoms with E-state index in [4.69, 9.17) is 4.74 Å². The van der Waals surface area contributed by atoms with E-state index in [0.717, 1.165) is 38.5 Å². The Bertz CT molecular complexity index is 465. The zero-order valence-corrected chi connectivity index (χ0v) is 13.9. The smallest absolute Gasteiger partial charge is 0.275 e. The van der Waals surface area contributed by atoms with Gasteiger partial charge in [-0.1, -0.05) is 13.8 Å². The lowest BCUT2D eigenvalue weighted by molar-refractivity contribution is -0.892. The van der Waals surface area contributed by atoms with Crippen LogP contribution in [0.25, 0.3) is 0 Å². The molecule has 1 amide bonds. The van der Waals surface area contributed by atoms with Gasteiger partial charge in [-0.15, -0.1) is 0 Å². The lowest BCUT2D eigenvalue weighted by Crippen LogP contribution is -3.16. The van der Waals surface area contributed by atoms with Crippen LogP contribution in [-0.2, 0) is 4.79 Å². The van der Waals surface area contributed by atoms with E-state index in [2.05, 4.69) is 36.2 Å². The average molecular weight is 306 g/mol. The summed E-state index contributed by atoms with van der Waals surface area (Å²) >= 11 is 0. The van der Waals surface area contributed by atoms with Gasteiger partial charge in [-0.05, 0) is 30.2 Å². The van der Waals surface area contributed by atoms with Gasteiger partial charge in [0, 0.05) is 12.2 Å². The molecule has 122 valence electrons. The minimum Gasteiger partial charge on any atom is -0.497 e. The topological polar surface area (TPSA) is 46.0 Å². The summed E-state index contributed by atoms with van der Waals surface area (Å²) in [6.07, 6.45) is 0. The Hall–Kier alpha value is -1.75. The molecule has 0 spiro atoms. The van der Waals surface area contributed by atoms with Crippen LogP contribution in [0, 0.1) is 5.92 Å².